The van der Waals surface area contributed by atoms with Crippen molar-refractivity contribution in [3.05, 3.63) is 0 Å². The normalized spacial score (nSPS) is 28.3. The molecule has 0 bridgehead atoms. The monoisotopic (exact) mass is 184 g/mol. The lowest BCUT2D eigenvalue weighted by Gasteiger charge is -2.13. The highest BCUT2D eigenvalue weighted by Crippen LogP contribution is 2.44. The van der Waals surface area contributed by atoms with Gasteiger partial charge in [-0.25, -0.2) is 4.79 Å². The molecule has 1 aliphatic heterocycles. The van der Waals surface area contributed by atoms with Crippen LogP contribution in [0, 0.1) is 0 Å². The summed E-state index contributed by atoms with van der Waals surface area (Å²) < 4.78 is 44.4. The second-order valence-electron chi connectivity index (χ2n) is 2.33. The van der Waals surface area contributed by atoms with Crippen LogP contribution in [-0.2, 0) is 14.3 Å². The Labute approximate surface area is 66.4 Å². The van der Waals surface area contributed by atoms with E-state index in [1.807, 2.05) is 0 Å². The number of esters is 1. The van der Waals surface area contributed by atoms with E-state index >= 15 is 0 Å². The Hall–Kier alpha value is -0.780. The van der Waals surface area contributed by atoms with E-state index in [0.29, 0.717) is 0 Å². The molecule has 6 heteroatoms. The van der Waals surface area contributed by atoms with Gasteiger partial charge in [-0.1, -0.05) is 0 Å². The number of halogens is 3. The maximum atomic E-state index is 12.0. The van der Waals surface area contributed by atoms with Crippen molar-refractivity contribution in [1.82, 2.24) is 0 Å². The minimum absolute atomic E-state index is 0.0833. The molecule has 0 aromatic carbocycles. The van der Waals surface area contributed by atoms with Crippen LogP contribution in [0.3, 0.4) is 0 Å². The molecule has 1 rings (SSSR count). The van der Waals surface area contributed by atoms with Crippen LogP contribution < -0.4 is 0 Å². The van der Waals surface area contributed by atoms with E-state index in [4.69, 9.17) is 0 Å². The van der Waals surface area contributed by atoms with E-state index in [0.717, 1.165) is 0 Å². The molecule has 0 amide bonds. The summed E-state index contributed by atoms with van der Waals surface area (Å²) in [6.45, 7) is 0.722. The fraction of sp³-hybridized carbons (Fsp3) is 0.833. The first kappa shape index (κ1) is 9.31. The van der Waals surface area contributed by atoms with Crippen molar-refractivity contribution in [3.63, 3.8) is 0 Å². The van der Waals surface area contributed by atoms with Crippen LogP contribution in [-0.4, -0.2) is 31.0 Å². The van der Waals surface area contributed by atoms with E-state index in [1.54, 1.807) is 0 Å². The van der Waals surface area contributed by atoms with Crippen LogP contribution in [0.15, 0.2) is 0 Å². The molecule has 70 valence electrons. The summed E-state index contributed by atoms with van der Waals surface area (Å²) in [6.07, 6.45) is -4.67. The number of hydrogen-bond acceptors (Lipinski definition) is 3. The molecule has 3 nitrogen and oxygen atoms in total. The van der Waals surface area contributed by atoms with E-state index < -0.39 is 24.4 Å². The first-order valence-corrected chi connectivity index (χ1v) is 3.32. The molecule has 0 spiro atoms. The molecule has 0 aromatic rings. The summed E-state index contributed by atoms with van der Waals surface area (Å²) in [5.41, 5.74) is -2.66. The summed E-state index contributed by atoms with van der Waals surface area (Å²) in [6, 6.07) is 0. The van der Waals surface area contributed by atoms with Crippen LogP contribution in [0.5, 0.6) is 0 Å². The molecule has 1 fully saturated rings. The Morgan fingerprint density at radius 3 is 2.42 bits per heavy atom. The molecular formula is C6H7F3O3. The van der Waals surface area contributed by atoms with Gasteiger partial charge < -0.3 is 9.47 Å². The lowest BCUT2D eigenvalue weighted by Crippen LogP contribution is -2.42. The Balaban J connectivity index is 2.67. The van der Waals surface area contributed by atoms with Crippen LogP contribution in [0.1, 0.15) is 6.92 Å². The van der Waals surface area contributed by atoms with Gasteiger partial charge in [0.25, 0.3) is 5.60 Å². The fourth-order valence-electron chi connectivity index (χ4n) is 0.717. The number of hydrogen-bond donors (Lipinski definition) is 0. The van der Waals surface area contributed by atoms with E-state index in [1.165, 1.54) is 6.92 Å². The SMILES string of the molecule is CCOC(=O)C1(C(F)(F)F)CO1. The van der Waals surface area contributed by atoms with Crippen LogP contribution in [0.2, 0.25) is 0 Å². The van der Waals surface area contributed by atoms with Crippen molar-refractivity contribution in [2.75, 3.05) is 13.2 Å². The predicted molar refractivity (Wildman–Crippen MR) is 31.4 cm³/mol. The first-order valence-electron chi connectivity index (χ1n) is 3.32. The first-order chi connectivity index (χ1) is 5.44. The summed E-state index contributed by atoms with van der Waals surface area (Å²) >= 11 is 0. The van der Waals surface area contributed by atoms with Gasteiger partial charge in [0, 0.05) is 0 Å². The lowest BCUT2D eigenvalue weighted by molar-refractivity contribution is -0.203. The molecule has 1 heterocycles. The fourth-order valence-corrected chi connectivity index (χ4v) is 0.717. The zero-order valence-electron chi connectivity index (χ0n) is 6.27. The molecule has 0 saturated carbocycles. The topological polar surface area (TPSA) is 38.8 Å². The number of epoxide rings is 1. The average Bonchev–Trinajstić information content (AvgIpc) is 2.63. The quantitative estimate of drug-likeness (QED) is 0.472. The van der Waals surface area contributed by atoms with Crippen molar-refractivity contribution in [2.45, 2.75) is 18.7 Å². The van der Waals surface area contributed by atoms with Crippen molar-refractivity contribution < 1.29 is 27.4 Å². The Morgan fingerprint density at radius 1 is 1.67 bits per heavy atom. The average molecular weight is 184 g/mol. The van der Waals surface area contributed by atoms with Gasteiger partial charge in [0.15, 0.2) is 0 Å². The third-order valence-electron chi connectivity index (χ3n) is 1.50. The molecule has 1 aliphatic rings. The third-order valence-corrected chi connectivity index (χ3v) is 1.50. The number of carbonyl (C=O) groups is 1. The van der Waals surface area contributed by atoms with E-state index in [2.05, 4.69) is 9.47 Å². The lowest BCUT2D eigenvalue weighted by atomic mass is 10.1. The molecular weight excluding hydrogens is 177 g/mol. The Bertz CT molecular complexity index is 195. The maximum absolute atomic E-state index is 12.0. The molecule has 1 unspecified atom stereocenters. The highest BCUT2D eigenvalue weighted by Gasteiger charge is 2.72. The van der Waals surface area contributed by atoms with Gasteiger partial charge in [0.2, 0.25) is 0 Å². The molecule has 12 heavy (non-hydrogen) atoms. The molecule has 1 atom stereocenters. The van der Waals surface area contributed by atoms with E-state index in [9.17, 15) is 18.0 Å². The summed E-state index contributed by atoms with van der Waals surface area (Å²) in [7, 11) is 0. The Morgan fingerprint density at radius 2 is 2.17 bits per heavy atom. The predicted octanol–water partition coefficient (Wildman–Crippen LogP) is 0.881. The minimum atomic E-state index is -4.67. The molecule has 0 aromatic heterocycles. The standard InChI is InChI=1S/C6H7F3O3/c1-2-11-4(10)5(3-12-5)6(7,8)9/h2-3H2,1H3. The largest absolute Gasteiger partial charge is 0.464 e. The second-order valence-corrected chi connectivity index (χ2v) is 2.33. The summed E-state index contributed by atoms with van der Waals surface area (Å²) in [5.74, 6) is -1.35. The molecule has 0 radical (unpaired) electrons. The van der Waals surface area contributed by atoms with Crippen molar-refractivity contribution in [3.8, 4) is 0 Å². The zero-order chi connectivity index (χ0) is 9.41. The molecule has 0 aliphatic carbocycles. The summed E-state index contributed by atoms with van der Waals surface area (Å²) in [5, 5.41) is 0. The van der Waals surface area contributed by atoms with Gasteiger partial charge in [-0.3, -0.25) is 0 Å². The minimum Gasteiger partial charge on any atom is -0.464 e. The van der Waals surface area contributed by atoms with Crippen molar-refractivity contribution in [1.29, 1.82) is 0 Å². The number of rotatable bonds is 2. The van der Waals surface area contributed by atoms with Crippen molar-refractivity contribution >= 4 is 5.97 Å². The van der Waals surface area contributed by atoms with Gasteiger partial charge >= 0.3 is 12.1 Å². The van der Waals surface area contributed by atoms with Crippen molar-refractivity contribution in [2.24, 2.45) is 0 Å². The number of ether oxygens (including phenoxy) is 2. The zero-order valence-corrected chi connectivity index (χ0v) is 6.27. The highest BCUT2D eigenvalue weighted by molar-refractivity contribution is 5.83. The van der Waals surface area contributed by atoms with Gasteiger partial charge in [0.1, 0.15) is 0 Å². The number of alkyl halides is 3. The maximum Gasteiger partial charge on any atom is 0.430 e. The van der Waals surface area contributed by atoms with Gasteiger partial charge in [-0.15, -0.1) is 0 Å². The van der Waals surface area contributed by atoms with Gasteiger partial charge in [-0.2, -0.15) is 13.2 Å². The Kier molecular flexibility index (Phi) is 2.03. The summed E-state index contributed by atoms with van der Waals surface area (Å²) in [4.78, 5) is 10.7. The molecule has 0 N–H and O–H groups in total. The van der Waals surface area contributed by atoms with Gasteiger partial charge in [0.05, 0.1) is 13.2 Å². The third kappa shape index (κ3) is 1.26. The second kappa shape index (κ2) is 2.62. The highest BCUT2D eigenvalue weighted by atomic mass is 19.4. The van der Waals surface area contributed by atoms with Crippen LogP contribution in [0.4, 0.5) is 13.2 Å². The van der Waals surface area contributed by atoms with Crippen LogP contribution >= 0.6 is 0 Å². The van der Waals surface area contributed by atoms with Gasteiger partial charge in [-0.05, 0) is 6.92 Å². The number of carbonyl (C=O) groups excluding carboxylic acids is 1. The molecule has 1 saturated heterocycles. The van der Waals surface area contributed by atoms with Crippen LogP contribution in [0.25, 0.3) is 0 Å². The van der Waals surface area contributed by atoms with E-state index in [-0.39, 0.29) is 6.61 Å². The smallest absolute Gasteiger partial charge is 0.430 e.